The lowest BCUT2D eigenvalue weighted by Gasteiger charge is -2.05. The number of methoxy groups -OCH3 is 1. The van der Waals surface area contributed by atoms with Gasteiger partial charge in [0.25, 0.3) is 0 Å². The molecule has 0 saturated heterocycles. The zero-order chi connectivity index (χ0) is 12.6. The van der Waals surface area contributed by atoms with E-state index in [-0.39, 0.29) is 0 Å². The summed E-state index contributed by atoms with van der Waals surface area (Å²) in [5.41, 5.74) is 0.408. The summed E-state index contributed by atoms with van der Waals surface area (Å²) in [5, 5.41) is 4.48. The van der Waals surface area contributed by atoms with Crippen molar-refractivity contribution in [3.05, 3.63) is 22.8 Å². The van der Waals surface area contributed by atoms with Gasteiger partial charge in [0.2, 0.25) is 0 Å². The Bertz CT molecular complexity index is 550. The molecular weight excluding hydrogens is 301 g/mol. The van der Waals surface area contributed by atoms with Gasteiger partial charge in [-0.05, 0) is 28.1 Å². The fourth-order valence-corrected chi connectivity index (χ4v) is 2.03. The van der Waals surface area contributed by atoms with Gasteiger partial charge >= 0.3 is 6.18 Å². The van der Waals surface area contributed by atoms with Gasteiger partial charge in [-0.1, -0.05) is 0 Å². The van der Waals surface area contributed by atoms with Crippen LogP contribution in [-0.4, -0.2) is 23.1 Å². The molecule has 17 heavy (non-hydrogen) atoms. The van der Waals surface area contributed by atoms with Gasteiger partial charge in [-0.3, -0.25) is 4.68 Å². The van der Waals surface area contributed by atoms with Gasteiger partial charge in [-0.15, -0.1) is 0 Å². The molecule has 0 aliphatic rings. The fourth-order valence-electron chi connectivity index (χ4n) is 1.55. The highest BCUT2D eigenvalue weighted by Gasteiger charge is 2.28. The van der Waals surface area contributed by atoms with Gasteiger partial charge in [-0.25, -0.2) is 0 Å². The lowest BCUT2D eigenvalue weighted by atomic mass is 10.2. The molecule has 0 amide bonds. The van der Waals surface area contributed by atoms with Crippen molar-refractivity contribution in [1.29, 1.82) is 0 Å². The Morgan fingerprint density at radius 1 is 1.41 bits per heavy atom. The molecule has 0 aliphatic heterocycles. The quantitative estimate of drug-likeness (QED) is 0.850. The standard InChI is InChI=1S/C10H8BrF3N2O/c1-17-9-7(11)3-2-6-4-16(15-8(6)9)5-10(12,13)14/h2-4H,5H2,1H3. The minimum absolute atomic E-state index is 0.408. The third kappa shape index (κ3) is 2.54. The molecular formula is C10H8BrF3N2O. The van der Waals surface area contributed by atoms with Crippen LogP contribution in [0.3, 0.4) is 0 Å². The van der Waals surface area contributed by atoms with Gasteiger partial charge < -0.3 is 4.74 Å². The Hall–Kier alpha value is -1.24. The topological polar surface area (TPSA) is 27.1 Å². The highest BCUT2D eigenvalue weighted by Crippen LogP contribution is 2.32. The summed E-state index contributed by atoms with van der Waals surface area (Å²) in [7, 11) is 1.45. The van der Waals surface area contributed by atoms with Crippen molar-refractivity contribution in [2.75, 3.05) is 7.11 Å². The molecule has 7 heteroatoms. The van der Waals surface area contributed by atoms with E-state index in [0.717, 1.165) is 4.68 Å². The molecule has 0 unspecified atom stereocenters. The molecule has 0 saturated carbocycles. The first-order valence-corrected chi connectivity index (χ1v) is 5.46. The monoisotopic (exact) mass is 308 g/mol. The summed E-state index contributed by atoms with van der Waals surface area (Å²) in [6.07, 6.45) is -2.94. The Morgan fingerprint density at radius 3 is 2.71 bits per heavy atom. The molecule has 0 atom stereocenters. The number of alkyl halides is 3. The third-order valence-electron chi connectivity index (χ3n) is 2.18. The predicted octanol–water partition coefficient (Wildman–Crippen LogP) is 3.37. The van der Waals surface area contributed by atoms with Crippen LogP contribution in [0.15, 0.2) is 22.8 Å². The minimum atomic E-state index is -4.29. The van der Waals surface area contributed by atoms with E-state index in [1.54, 1.807) is 12.1 Å². The smallest absolute Gasteiger partial charge is 0.408 e. The van der Waals surface area contributed by atoms with Crippen molar-refractivity contribution in [2.45, 2.75) is 12.7 Å². The van der Waals surface area contributed by atoms with Crippen molar-refractivity contribution in [1.82, 2.24) is 9.78 Å². The van der Waals surface area contributed by atoms with Crippen LogP contribution in [0.2, 0.25) is 0 Å². The van der Waals surface area contributed by atoms with Crippen molar-refractivity contribution in [3.63, 3.8) is 0 Å². The lowest BCUT2D eigenvalue weighted by Crippen LogP contribution is -2.17. The molecule has 0 radical (unpaired) electrons. The summed E-state index contributed by atoms with van der Waals surface area (Å²) in [6.45, 7) is -1.11. The number of aromatic nitrogens is 2. The molecule has 0 N–H and O–H groups in total. The first-order valence-electron chi connectivity index (χ1n) is 4.67. The first-order chi connectivity index (χ1) is 7.90. The predicted molar refractivity (Wildman–Crippen MR) is 60.0 cm³/mol. The average molecular weight is 309 g/mol. The van der Waals surface area contributed by atoms with E-state index in [2.05, 4.69) is 21.0 Å². The molecule has 92 valence electrons. The number of ether oxygens (including phenoxy) is 1. The molecule has 0 aliphatic carbocycles. The van der Waals surface area contributed by atoms with Crippen LogP contribution in [0.4, 0.5) is 13.2 Å². The Labute approximate surface area is 103 Å². The minimum Gasteiger partial charge on any atom is -0.493 e. The van der Waals surface area contributed by atoms with E-state index in [9.17, 15) is 13.2 Å². The Morgan fingerprint density at radius 2 is 2.12 bits per heavy atom. The zero-order valence-electron chi connectivity index (χ0n) is 8.75. The molecule has 0 bridgehead atoms. The Balaban J connectivity index is 2.50. The lowest BCUT2D eigenvalue weighted by molar-refractivity contribution is -0.142. The van der Waals surface area contributed by atoms with E-state index < -0.39 is 12.7 Å². The largest absolute Gasteiger partial charge is 0.493 e. The molecule has 0 spiro atoms. The second-order valence-electron chi connectivity index (χ2n) is 3.46. The number of fused-ring (bicyclic) bond motifs is 1. The van der Waals surface area contributed by atoms with Gasteiger partial charge in [-0.2, -0.15) is 18.3 Å². The number of hydrogen-bond acceptors (Lipinski definition) is 2. The van der Waals surface area contributed by atoms with Gasteiger partial charge in [0, 0.05) is 11.6 Å². The van der Waals surface area contributed by atoms with Gasteiger partial charge in [0.05, 0.1) is 11.6 Å². The molecule has 2 rings (SSSR count). The third-order valence-corrected chi connectivity index (χ3v) is 2.80. The maximum absolute atomic E-state index is 12.2. The number of benzene rings is 1. The average Bonchev–Trinajstić information content (AvgIpc) is 2.57. The van der Waals surface area contributed by atoms with Crippen LogP contribution in [0, 0.1) is 0 Å². The number of hydrogen-bond donors (Lipinski definition) is 0. The maximum Gasteiger partial charge on any atom is 0.408 e. The maximum atomic E-state index is 12.2. The Kier molecular flexibility index (Phi) is 3.03. The second kappa shape index (κ2) is 4.21. The summed E-state index contributed by atoms with van der Waals surface area (Å²) in [6, 6.07) is 3.39. The molecule has 1 aromatic carbocycles. The van der Waals surface area contributed by atoms with Crippen molar-refractivity contribution in [3.8, 4) is 5.75 Å². The van der Waals surface area contributed by atoms with Crippen LogP contribution >= 0.6 is 15.9 Å². The fraction of sp³-hybridized carbons (Fsp3) is 0.300. The normalized spacial score (nSPS) is 12.1. The molecule has 1 aromatic heterocycles. The number of nitrogens with zero attached hydrogens (tertiary/aromatic N) is 2. The number of rotatable bonds is 2. The van der Waals surface area contributed by atoms with E-state index in [0.29, 0.717) is 21.1 Å². The molecule has 2 aromatic rings. The highest BCUT2D eigenvalue weighted by molar-refractivity contribution is 9.10. The van der Waals surface area contributed by atoms with E-state index >= 15 is 0 Å². The van der Waals surface area contributed by atoms with Crippen LogP contribution in [0.5, 0.6) is 5.75 Å². The summed E-state index contributed by atoms with van der Waals surface area (Å²) in [4.78, 5) is 0. The van der Waals surface area contributed by atoms with E-state index in [1.165, 1.54) is 13.3 Å². The van der Waals surface area contributed by atoms with Gasteiger partial charge in [0.15, 0.2) is 5.75 Å². The summed E-state index contributed by atoms with van der Waals surface area (Å²) >= 11 is 3.25. The van der Waals surface area contributed by atoms with Crippen molar-refractivity contribution < 1.29 is 17.9 Å². The molecule has 1 heterocycles. The van der Waals surface area contributed by atoms with E-state index in [1.807, 2.05) is 0 Å². The molecule has 3 nitrogen and oxygen atoms in total. The first kappa shape index (κ1) is 12.2. The summed E-state index contributed by atoms with van der Waals surface area (Å²) < 4.78 is 43.3. The van der Waals surface area contributed by atoms with Crippen LogP contribution in [-0.2, 0) is 6.54 Å². The highest BCUT2D eigenvalue weighted by atomic mass is 79.9. The van der Waals surface area contributed by atoms with Gasteiger partial charge in [0.1, 0.15) is 12.1 Å². The van der Waals surface area contributed by atoms with Crippen LogP contribution < -0.4 is 4.74 Å². The molecule has 0 fully saturated rings. The summed E-state index contributed by atoms with van der Waals surface area (Å²) in [5.74, 6) is 0.434. The van der Waals surface area contributed by atoms with Crippen molar-refractivity contribution in [2.24, 2.45) is 0 Å². The van der Waals surface area contributed by atoms with E-state index in [4.69, 9.17) is 4.74 Å². The zero-order valence-corrected chi connectivity index (χ0v) is 10.3. The second-order valence-corrected chi connectivity index (χ2v) is 4.31. The van der Waals surface area contributed by atoms with Crippen molar-refractivity contribution >= 4 is 26.8 Å². The number of halogens is 4. The van der Waals surface area contributed by atoms with Crippen LogP contribution in [0.25, 0.3) is 10.9 Å². The SMILES string of the molecule is COc1c(Br)ccc2cn(CC(F)(F)F)nc12. The van der Waals surface area contributed by atoms with Crippen LogP contribution in [0.1, 0.15) is 0 Å².